The average Bonchev–Trinajstić information content (AvgIpc) is 2.90. The van der Waals surface area contributed by atoms with Crippen molar-refractivity contribution in [2.75, 3.05) is 11.5 Å². The summed E-state index contributed by atoms with van der Waals surface area (Å²) in [7, 11) is 0. The third-order valence-electron chi connectivity index (χ3n) is 4.43. The molecule has 1 amide bonds. The summed E-state index contributed by atoms with van der Waals surface area (Å²) in [6.45, 7) is 3.42. The monoisotopic (exact) mass is 357 g/mol. The second-order valence-electron chi connectivity index (χ2n) is 6.05. The van der Waals surface area contributed by atoms with Crippen molar-refractivity contribution in [3.8, 4) is 5.75 Å². The zero-order chi connectivity index (χ0) is 18.2. The Kier molecular flexibility index (Phi) is 4.64. The van der Waals surface area contributed by atoms with Gasteiger partial charge < -0.3 is 14.6 Å². The van der Waals surface area contributed by atoms with E-state index < -0.39 is 24.8 Å². The number of alkyl halides is 3. The van der Waals surface area contributed by atoms with E-state index in [1.54, 1.807) is 29.2 Å². The number of hydrogen-bond donors (Lipinski definition) is 1. The number of hydrogen-bond acceptors (Lipinski definition) is 4. The van der Waals surface area contributed by atoms with Crippen LogP contribution in [-0.2, 0) is 11.2 Å². The number of amides is 1. The maximum Gasteiger partial charge on any atom is 0.415 e. The molecule has 3 atom stereocenters. The molecular formula is C17H18F3NO4. The molecule has 1 unspecified atom stereocenters. The maximum absolute atomic E-state index is 12.3. The van der Waals surface area contributed by atoms with Gasteiger partial charge in [0.05, 0.1) is 18.3 Å². The van der Waals surface area contributed by atoms with E-state index in [1.807, 2.05) is 0 Å². The Balaban J connectivity index is 1.68. The second kappa shape index (κ2) is 6.59. The summed E-state index contributed by atoms with van der Waals surface area (Å²) in [6, 6.07) is 4.91. The van der Waals surface area contributed by atoms with Crippen molar-refractivity contribution in [3.05, 3.63) is 36.4 Å². The number of aliphatic hydroxyl groups excluding tert-OH is 1. The Labute approximate surface area is 142 Å². The van der Waals surface area contributed by atoms with Gasteiger partial charge in [-0.1, -0.05) is 6.58 Å². The van der Waals surface area contributed by atoms with Crippen LogP contribution in [0.25, 0.3) is 0 Å². The van der Waals surface area contributed by atoms with Crippen molar-refractivity contribution in [3.63, 3.8) is 0 Å². The van der Waals surface area contributed by atoms with Crippen molar-refractivity contribution < 1.29 is 32.5 Å². The molecule has 1 fully saturated rings. The van der Waals surface area contributed by atoms with Gasteiger partial charge in [0.2, 0.25) is 0 Å². The first kappa shape index (κ1) is 17.6. The standard InChI is InChI=1S/C17H18F3NO4/c1-2-14-13-5-3-10-9-11(24-8-7-15(22)17(18,19)20)4-6-12(10)21(13)16(23)25-14/h2,4,6,9,13-15,22H,1,3,5,7-8H2/t13-,14-,15?/m1/s1. The molecule has 1 aromatic carbocycles. The van der Waals surface area contributed by atoms with Gasteiger partial charge in [0.25, 0.3) is 0 Å². The van der Waals surface area contributed by atoms with Gasteiger partial charge in [-0.3, -0.25) is 4.90 Å². The molecule has 1 aromatic rings. The van der Waals surface area contributed by atoms with E-state index in [4.69, 9.17) is 14.6 Å². The minimum atomic E-state index is -4.65. The normalized spacial score (nSPS) is 23.5. The number of halogens is 3. The number of carbonyl (C=O) groups is 1. The largest absolute Gasteiger partial charge is 0.493 e. The summed E-state index contributed by atoms with van der Waals surface area (Å²) in [5, 5.41) is 8.96. The fourth-order valence-electron chi connectivity index (χ4n) is 3.15. The van der Waals surface area contributed by atoms with E-state index in [1.165, 1.54) is 0 Å². The van der Waals surface area contributed by atoms with Crippen LogP contribution in [0.4, 0.5) is 23.7 Å². The highest BCUT2D eigenvalue weighted by atomic mass is 19.4. The van der Waals surface area contributed by atoms with E-state index in [9.17, 15) is 18.0 Å². The van der Waals surface area contributed by atoms with Crippen LogP contribution in [0, 0.1) is 0 Å². The summed E-state index contributed by atoms with van der Waals surface area (Å²) < 4.78 is 47.4. The molecule has 8 heteroatoms. The minimum absolute atomic E-state index is 0.0915. The lowest BCUT2D eigenvalue weighted by atomic mass is 9.93. The number of ether oxygens (including phenoxy) is 2. The molecule has 0 radical (unpaired) electrons. The highest BCUT2D eigenvalue weighted by Gasteiger charge is 2.44. The summed E-state index contributed by atoms with van der Waals surface area (Å²) in [4.78, 5) is 13.6. The molecule has 2 aliphatic heterocycles. The molecule has 25 heavy (non-hydrogen) atoms. The molecule has 2 heterocycles. The van der Waals surface area contributed by atoms with E-state index in [0.717, 1.165) is 5.56 Å². The van der Waals surface area contributed by atoms with Crippen LogP contribution in [0.3, 0.4) is 0 Å². The van der Waals surface area contributed by atoms with Crippen LogP contribution in [-0.4, -0.2) is 42.2 Å². The van der Waals surface area contributed by atoms with Gasteiger partial charge in [0, 0.05) is 6.42 Å². The molecule has 3 rings (SSSR count). The van der Waals surface area contributed by atoms with E-state index >= 15 is 0 Å². The zero-order valence-corrected chi connectivity index (χ0v) is 13.3. The number of benzene rings is 1. The Bertz CT molecular complexity index is 676. The van der Waals surface area contributed by atoms with Crippen LogP contribution < -0.4 is 9.64 Å². The Hall–Kier alpha value is -2.22. The van der Waals surface area contributed by atoms with E-state index in [0.29, 0.717) is 24.3 Å². The SMILES string of the molecule is C=C[C@H]1OC(=O)N2c3ccc(OCCC(O)C(F)(F)F)cc3CC[C@H]12. The van der Waals surface area contributed by atoms with Crippen molar-refractivity contribution in [1.29, 1.82) is 0 Å². The minimum Gasteiger partial charge on any atom is -0.493 e. The topological polar surface area (TPSA) is 59.0 Å². The average molecular weight is 357 g/mol. The van der Waals surface area contributed by atoms with E-state index in [2.05, 4.69) is 6.58 Å². The summed E-state index contributed by atoms with van der Waals surface area (Å²) in [5.74, 6) is 0.402. The third kappa shape index (κ3) is 3.44. The van der Waals surface area contributed by atoms with Gasteiger partial charge in [-0.2, -0.15) is 13.2 Å². The van der Waals surface area contributed by atoms with Crippen molar-refractivity contribution in [2.45, 2.75) is 43.7 Å². The molecule has 2 aliphatic rings. The predicted octanol–water partition coefficient (Wildman–Crippen LogP) is 3.20. The Morgan fingerprint density at radius 3 is 2.92 bits per heavy atom. The quantitative estimate of drug-likeness (QED) is 0.822. The summed E-state index contributed by atoms with van der Waals surface area (Å²) >= 11 is 0. The number of fused-ring (bicyclic) bond motifs is 3. The first-order valence-corrected chi connectivity index (χ1v) is 7.94. The van der Waals surface area contributed by atoms with Crippen LogP contribution in [0.5, 0.6) is 5.75 Å². The van der Waals surface area contributed by atoms with Gasteiger partial charge in [-0.05, 0) is 42.7 Å². The van der Waals surface area contributed by atoms with Crippen molar-refractivity contribution >= 4 is 11.8 Å². The highest BCUT2D eigenvalue weighted by molar-refractivity contribution is 5.92. The number of rotatable bonds is 5. The summed E-state index contributed by atoms with van der Waals surface area (Å²) in [6.07, 6.45) is -5.37. The van der Waals surface area contributed by atoms with Gasteiger partial charge in [-0.15, -0.1) is 0 Å². The number of anilines is 1. The van der Waals surface area contributed by atoms with Crippen LogP contribution in [0.2, 0.25) is 0 Å². The van der Waals surface area contributed by atoms with Crippen molar-refractivity contribution in [1.82, 2.24) is 0 Å². The molecule has 0 spiro atoms. The fraction of sp³-hybridized carbons (Fsp3) is 0.471. The van der Waals surface area contributed by atoms with Crippen LogP contribution >= 0.6 is 0 Å². The Morgan fingerprint density at radius 1 is 1.48 bits per heavy atom. The zero-order valence-electron chi connectivity index (χ0n) is 13.3. The molecule has 0 aromatic heterocycles. The number of aliphatic hydroxyl groups is 1. The lowest BCUT2D eigenvalue weighted by molar-refractivity contribution is -0.206. The highest BCUT2D eigenvalue weighted by Crippen LogP contribution is 2.39. The molecule has 0 saturated carbocycles. The van der Waals surface area contributed by atoms with Crippen molar-refractivity contribution in [2.24, 2.45) is 0 Å². The molecule has 5 nitrogen and oxygen atoms in total. The number of cyclic esters (lactones) is 1. The van der Waals surface area contributed by atoms with Gasteiger partial charge >= 0.3 is 12.3 Å². The molecule has 1 saturated heterocycles. The van der Waals surface area contributed by atoms with Crippen LogP contribution in [0.1, 0.15) is 18.4 Å². The first-order valence-electron chi connectivity index (χ1n) is 7.94. The fourth-order valence-corrected chi connectivity index (χ4v) is 3.15. The van der Waals surface area contributed by atoms with Gasteiger partial charge in [-0.25, -0.2) is 4.79 Å². The predicted molar refractivity (Wildman–Crippen MR) is 83.7 cm³/mol. The number of carbonyl (C=O) groups excluding carboxylic acids is 1. The number of aryl methyl sites for hydroxylation is 1. The van der Waals surface area contributed by atoms with Gasteiger partial charge in [0.1, 0.15) is 11.9 Å². The summed E-state index contributed by atoms with van der Waals surface area (Å²) in [5.41, 5.74) is 1.58. The lowest BCUT2D eigenvalue weighted by Gasteiger charge is -2.30. The maximum atomic E-state index is 12.3. The van der Waals surface area contributed by atoms with E-state index in [-0.39, 0.29) is 18.8 Å². The molecule has 0 aliphatic carbocycles. The molecule has 1 N–H and O–H groups in total. The molecular weight excluding hydrogens is 339 g/mol. The third-order valence-corrected chi connectivity index (χ3v) is 4.43. The number of nitrogens with zero attached hydrogens (tertiary/aromatic N) is 1. The van der Waals surface area contributed by atoms with Crippen LogP contribution in [0.15, 0.2) is 30.9 Å². The molecule has 136 valence electrons. The lowest BCUT2D eigenvalue weighted by Crippen LogP contribution is -2.39. The smallest absolute Gasteiger partial charge is 0.415 e. The Morgan fingerprint density at radius 2 is 2.24 bits per heavy atom. The first-order chi connectivity index (χ1) is 11.8. The second-order valence-corrected chi connectivity index (χ2v) is 6.05. The van der Waals surface area contributed by atoms with Gasteiger partial charge in [0.15, 0.2) is 6.10 Å². The molecule has 0 bridgehead atoms.